The molecular formula is C26H36N4O6. The molecule has 196 valence electrons. The van der Waals surface area contributed by atoms with E-state index in [1.54, 1.807) is 4.90 Å². The lowest BCUT2D eigenvalue weighted by Gasteiger charge is -2.46. The number of imide groups is 1. The number of ether oxygens (including phenoxy) is 2. The van der Waals surface area contributed by atoms with Crippen molar-refractivity contribution in [2.24, 2.45) is 5.92 Å². The van der Waals surface area contributed by atoms with Gasteiger partial charge in [-0.2, -0.15) is 0 Å². The van der Waals surface area contributed by atoms with Gasteiger partial charge in [-0.1, -0.05) is 25.8 Å². The Morgan fingerprint density at radius 2 is 1.83 bits per heavy atom. The number of nitrogens with one attached hydrogen (secondary N) is 2. The second-order valence-electron chi connectivity index (χ2n) is 9.63. The van der Waals surface area contributed by atoms with Crippen molar-refractivity contribution in [1.29, 1.82) is 0 Å². The highest BCUT2D eigenvalue weighted by molar-refractivity contribution is 6.00. The Bertz CT molecular complexity index is 983. The summed E-state index contributed by atoms with van der Waals surface area (Å²) in [6.07, 6.45) is 5.72. The van der Waals surface area contributed by atoms with Crippen molar-refractivity contribution in [3.05, 3.63) is 23.8 Å². The topological polar surface area (TPSA) is 117 Å². The molecule has 2 fully saturated rings. The van der Waals surface area contributed by atoms with Crippen molar-refractivity contribution >= 4 is 23.8 Å². The third-order valence-corrected chi connectivity index (χ3v) is 7.04. The van der Waals surface area contributed by atoms with Crippen LogP contribution in [-0.2, 0) is 20.9 Å². The maximum Gasteiger partial charge on any atom is 0.327 e. The van der Waals surface area contributed by atoms with Gasteiger partial charge in [0.05, 0.1) is 5.92 Å². The smallest absolute Gasteiger partial charge is 0.327 e. The number of benzene rings is 1. The fraction of sp³-hybridized carbons (Fsp3) is 0.615. The van der Waals surface area contributed by atoms with E-state index in [-0.39, 0.29) is 49.6 Å². The van der Waals surface area contributed by atoms with Gasteiger partial charge in [0.1, 0.15) is 6.54 Å². The van der Waals surface area contributed by atoms with E-state index in [0.29, 0.717) is 43.9 Å². The average Bonchev–Trinajstić information content (AvgIpc) is 3.36. The summed E-state index contributed by atoms with van der Waals surface area (Å²) in [6.45, 7) is 3.30. The first-order valence-corrected chi connectivity index (χ1v) is 13.0. The lowest BCUT2D eigenvalue weighted by atomic mass is 9.81. The summed E-state index contributed by atoms with van der Waals surface area (Å²) in [7, 11) is 0. The zero-order valence-corrected chi connectivity index (χ0v) is 20.9. The van der Waals surface area contributed by atoms with Crippen molar-refractivity contribution in [3.8, 4) is 11.5 Å². The van der Waals surface area contributed by atoms with Gasteiger partial charge in [-0.15, -0.1) is 0 Å². The molecule has 1 saturated heterocycles. The first kappa shape index (κ1) is 25.8. The van der Waals surface area contributed by atoms with Gasteiger partial charge in [-0.3, -0.25) is 19.3 Å². The Morgan fingerprint density at radius 1 is 1.03 bits per heavy atom. The molecule has 2 aliphatic heterocycles. The summed E-state index contributed by atoms with van der Waals surface area (Å²) in [6, 6.07) is 4.85. The summed E-state index contributed by atoms with van der Waals surface area (Å²) in [5.41, 5.74) is 0.868. The van der Waals surface area contributed by atoms with Gasteiger partial charge in [-0.05, 0) is 49.8 Å². The molecule has 0 aromatic heterocycles. The minimum atomic E-state index is -0.406. The molecule has 10 heteroatoms. The summed E-state index contributed by atoms with van der Waals surface area (Å²) >= 11 is 0. The molecule has 4 rings (SSSR count). The molecule has 1 aromatic carbocycles. The first-order chi connectivity index (χ1) is 17.5. The Kier molecular flexibility index (Phi) is 8.66. The van der Waals surface area contributed by atoms with E-state index in [1.165, 1.54) is 4.90 Å². The molecule has 0 bridgehead atoms. The molecule has 1 aliphatic carbocycles. The van der Waals surface area contributed by atoms with Crippen LogP contribution >= 0.6 is 0 Å². The minimum Gasteiger partial charge on any atom is -0.454 e. The molecule has 2 atom stereocenters. The van der Waals surface area contributed by atoms with E-state index in [9.17, 15) is 19.2 Å². The third kappa shape index (κ3) is 6.09. The van der Waals surface area contributed by atoms with Crippen LogP contribution < -0.4 is 20.1 Å². The van der Waals surface area contributed by atoms with Crippen LogP contribution in [0.25, 0.3) is 0 Å². The summed E-state index contributed by atoms with van der Waals surface area (Å²) < 4.78 is 10.7. The number of amides is 5. The maximum atomic E-state index is 13.3. The molecule has 3 aliphatic rings. The number of nitrogens with zero attached hydrogens (tertiary/aromatic N) is 2. The predicted octanol–water partition coefficient (Wildman–Crippen LogP) is 2.55. The number of carbonyl (C=O) groups is 4. The second kappa shape index (κ2) is 12.1. The quantitative estimate of drug-likeness (QED) is 0.451. The number of unbranched alkanes of at least 4 members (excludes halogenated alkanes) is 1. The largest absolute Gasteiger partial charge is 0.454 e. The second-order valence-corrected chi connectivity index (χ2v) is 9.63. The average molecular weight is 501 g/mol. The van der Waals surface area contributed by atoms with Crippen molar-refractivity contribution in [2.75, 3.05) is 26.4 Å². The van der Waals surface area contributed by atoms with Gasteiger partial charge in [0.25, 0.3) is 0 Å². The molecule has 36 heavy (non-hydrogen) atoms. The van der Waals surface area contributed by atoms with Crippen LogP contribution in [0, 0.1) is 5.92 Å². The SMILES string of the molecule is CCCNC(=O)CCCCN1C(=O)C2CCCCC2N(CC(=O)NCc2ccc3c(c2)OCO3)C1=O. The van der Waals surface area contributed by atoms with Gasteiger partial charge in [0.15, 0.2) is 11.5 Å². The van der Waals surface area contributed by atoms with Crippen LogP contribution in [-0.4, -0.2) is 66.0 Å². The monoisotopic (exact) mass is 500 g/mol. The Labute approximate surface area is 211 Å². The van der Waals surface area contributed by atoms with Crippen molar-refractivity contribution in [2.45, 2.75) is 70.9 Å². The third-order valence-electron chi connectivity index (χ3n) is 7.04. The molecule has 2 N–H and O–H groups in total. The van der Waals surface area contributed by atoms with Crippen LogP contribution in [0.3, 0.4) is 0 Å². The highest BCUT2D eigenvalue weighted by Gasteiger charge is 2.47. The van der Waals surface area contributed by atoms with Gasteiger partial charge in [0, 0.05) is 32.1 Å². The zero-order valence-electron chi connectivity index (χ0n) is 20.9. The molecule has 10 nitrogen and oxygen atoms in total. The normalized spacial score (nSPS) is 20.8. The molecule has 1 saturated carbocycles. The maximum absolute atomic E-state index is 13.3. The molecule has 5 amide bonds. The van der Waals surface area contributed by atoms with Crippen LogP contribution in [0.2, 0.25) is 0 Å². The van der Waals surface area contributed by atoms with E-state index >= 15 is 0 Å². The van der Waals surface area contributed by atoms with Crippen LogP contribution in [0.5, 0.6) is 11.5 Å². The van der Waals surface area contributed by atoms with Crippen molar-refractivity contribution in [3.63, 3.8) is 0 Å². The summed E-state index contributed by atoms with van der Waals surface area (Å²) in [4.78, 5) is 54.0. The lowest BCUT2D eigenvalue weighted by molar-refractivity contribution is -0.142. The Balaban J connectivity index is 1.33. The van der Waals surface area contributed by atoms with E-state index in [2.05, 4.69) is 10.6 Å². The number of urea groups is 1. The van der Waals surface area contributed by atoms with E-state index < -0.39 is 6.03 Å². The number of hydrogen-bond acceptors (Lipinski definition) is 6. The highest BCUT2D eigenvalue weighted by Crippen LogP contribution is 2.35. The van der Waals surface area contributed by atoms with Crippen LogP contribution in [0.15, 0.2) is 18.2 Å². The molecule has 2 heterocycles. The molecular weight excluding hydrogens is 464 g/mol. The summed E-state index contributed by atoms with van der Waals surface area (Å²) in [5, 5.41) is 5.72. The standard InChI is InChI=1S/C26H36N4O6/c1-2-12-27-23(31)9-5-6-13-29-25(33)19-7-3-4-8-20(19)30(26(29)34)16-24(32)28-15-18-10-11-21-22(14-18)36-17-35-21/h10-11,14,19-20H,2-9,12-13,15-17H2,1H3,(H,27,31)(H,28,32). The summed E-state index contributed by atoms with van der Waals surface area (Å²) in [5.74, 6) is 0.630. The minimum absolute atomic E-state index is 0.0127. The van der Waals surface area contributed by atoms with Crippen molar-refractivity contribution in [1.82, 2.24) is 20.4 Å². The van der Waals surface area contributed by atoms with Gasteiger partial charge >= 0.3 is 6.03 Å². The highest BCUT2D eigenvalue weighted by atomic mass is 16.7. The van der Waals surface area contributed by atoms with Crippen LogP contribution in [0.4, 0.5) is 4.79 Å². The number of hydrogen-bond donors (Lipinski definition) is 2. The number of fused-ring (bicyclic) bond motifs is 2. The fourth-order valence-corrected chi connectivity index (χ4v) is 5.12. The number of carbonyl (C=O) groups excluding carboxylic acids is 4. The van der Waals surface area contributed by atoms with Crippen molar-refractivity contribution < 1.29 is 28.7 Å². The van der Waals surface area contributed by atoms with E-state index in [4.69, 9.17) is 9.47 Å². The Hall–Kier alpha value is -3.30. The van der Waals surface area contributed by atoms with Gasteiger partial charge < -0.3 is 25.0 Å². The molecule has 1 aromatic rings. The van der Waals surface area contributed by atoms with Gasteiger partial charge in [-0.25, -0.2) is 4.79 Å². The van der Waals surface area contributed by atoms with E-state index in [1.807, 2.05) is 25.1 Å². The molecule has 0 spiro atoms. The van der Waals surface area contributed by atoms with Crippen LogP contribution in [0.1, 0.15) is 63.9 Å². The lowest BCUT2D eigenvalue weighted by Crippen LogP contribution is -2.63. The molecule has 0 radical (unpaired) electrons. The zero-order chi connectivity index (χ0) is 25.5. The van der Waals surface area contributed by atoms with E-state index in [0.717, 1.165) is 37.7 Å². The Morgan fingerprint density at radius 3 is 2.67 bits per heavy atom. The fourth-order valence-electron chi connectivity index (χ4n) is 5.12. The first-order valence-electron chi connectivity index (χ1n) is 13.0. The number of rotatable bonds is 11. The molecule has 2 unspecified atom stereocenters. The predicted molar refractivity (Wildman–Crippen MR) is 131 cm³/mol. The van der Waals surface area contributed by atoms with Gasteiger partial charge in [0.2, 0.25) is 24.5 Å².